The maximum absolute atomic E-state index is 13.1. The van der Waals surface area contributed by atoms with Crippen LogP contribution in [-0.4, -0.2) is 33.8 Å². The average Bonchev–Trinajstić information content (AvgIpc) is 3.50. The monoisotopic (exact) mass is 436 g/mol. The number of imide groups is 2. The summed E-state index contributed by atoms with van der Waals surface area (Å²) in [5.41, 5.74) is 2.48. The summed E-state index contributed by atoms with van der Waals surface area (Å²) in [5.74, 6) is -2.00. The third-order valence-electron chi connectivity index (χ3n) is 5.59. The molecule has 0 unspecified atom stereocenters. The lowest BCUT2D eigenvalue weighted by atomic mass is 9.94. The van der Waals surface area contributed by atoms with Crippen molar-refractivity contribution in [2.45, 2.75) is 0 Å². The molecular formula is C24H12N4O5. The second kappa shape index (κ2) is 6.79. The van der Waals surface area contributed by atoms with Crippen molar-refractivity contribution in [2.75, 3.05) is 4.90 Å². The molecule has 33 heavy (non-hydrogen) atoms. The van der Waals surface area contributed by atoms with Crippen LogP contribution < -0.4 is 10.2 Å². The number of benzene rings is 3. The Bertz CT molecular complexity index is 1520. The van der Waals surface area contributed by atoms with E-state index in [1.54, 1.807) is 48.5 Å². The van der Waals surface area contributed by atoms with E-state index in [1.165, 1.54) is 12.1 Å². The highest BCUT2D eigenvalue weighted by molar-refractivity contribution is 6.34. The van der Waals surface area contributed by atoms with Gasteiger partial charge in [0.2, 0.25) is 5.89 Å². The first kappa shape index (κ1) is 18.8. The van der Waals surface area contributed by atoms with E-state index in [-0.39, 0.29) is 34.2 Å². The smallest absolute Gasteiger partial charge is 0.332 e. The molecule has 4 amide bonds. The van der Waals surface area contributed by atoms with Gasteiger partial charge in [-0.2, -0.15) is 4.90 Å². The zero-order valence-corrected chi connectivity index (χ0v) is 16.7. The van der Waals surface area contributed by atoms with E-state index in [9.17, 15) is 19.2 Å². The fourth-order valence-electron chi connectivity index (χ4n) is 4.04. The SMILES string of the molecule is O=C1NC(=O)c2c1cccc2-c1ccc2c(c1)C(=O)N(c1nnc(-c3ccccc3)o1)C2=O. The van der Waals surface area contributed by atoms with Crippen molar-refractivity contribution in [2.24, 2.45) is 0 Å². The third kappa shape index (κ3) is 2.72. The number of aromatic nitrogens is 2. The highest BCUT2D eigenvalue weighted by Gasteiger charge is 2.40. The molecule has 4 aromatic rings. The molecule has 9 nitrogen and oxygen atoms in total. The first-order valence-electron chi connectivity index (χ1n) is 9.94. The summed E-state index contributed by atoms with van der Waals surface area (Å²) in [7, 11) is 0. The van der Waals surface area contributed by atoms with Crippen LogP contribution in [0.1, 0.15) is 41.4 Å². The van der Waals surface area contributed by atoms with Crippen LogP contribution in [0.4, 0.5) is 6.01 Å². The van der Waals surface area contributed by atoms with Crippen LogP contribution in [0.2, 0.25) is 0 Å². The largest absolute Gasteiger partial charge is 0.403 e. The summed E-state index contributed by atoms with van der Waals surface area (Å²) in [5, 5.41) is 10.1. The molecule has 2 aliphatic heterocycles. The van der Waals surface area contributed by atoms with Crippen LogP contribution in [0.3, 0.4) is 0 Å². The lowest BCUT2D eigenvalue weighted by Crippen LogP contribution is -2.29. The quantitative estimate of drug-likeness (QED) is 0.490. The number of carbonyl (C=O) groups excluding carboxylic acids is 4. The minimum atomic E-state index is -0.617. The Labute approximate surface area is 185 Å². The van der Waals surface area contributed by atoms with Gasteiger partial charge >= 0.3 is 6.01 Å². The first-order chi connectivity index (χ1) is 16.0. The van der Waals surface area contributed by atoms with Gasteiger partial charge in [-0.05, 0) is 41.5 Å². The predicted molar refractivity (Wildman–Crippen MR) is 115 cm³/mol. The molecule has 0 radical (unpaired) electrons. The Morgan fingerprint density at radius 3 is 2.24 bits per heavy atom. The van der Waals surface area contributed by atoms with Crippen molar-refractivity contribution in [1.29, 1.82) is 0 Å². The highest BCUT2D eigenvalue weighted by Crippen LogP contribution is 2.35. The van der Waals surface area contributed by atoms with Crippen LogP contribution in [0, 0.1) is 0 Å². The zero-order valence-electron chi connectivity index (χ0n) is 16.7. The van der Waals surface area contributed by atoms with E-state index >= 15 is 0 Å². The number of hydrogen-bond donors (Lipinski definition) is 1. The molecule has 0 fully saturated rings. The average molecular weight is 436 g/mol. The Morgan fingerprint density at radius 2 is 1.42 bits per heavy atom. The van der Waals surface area contributed by atoms with E-state index < -0.39 is 23.6 Å². The highest BCUT2D eigenvalue weighted by atomic mass is 16.4. The van der Waals surface area contributed by atoms with Gasteiger partial charge in [0.1, 0.15) is 0 Å². The molecule has 0 spiro atoms. The second-order valence-corrected chi connectivity index (χ2v) is 7.47. The van der Waals surface area contributed by atoms with Crippen molar-refractivity contribution in [3.8, 4) is 22.6 Å². The topological polar surface area (TPSA) is 122 Å². The molecule has 2 aliphatic rings. The van der Waals surface area contributed by atoms with Crippen molar-refractivity contribution < 1.29 is 23.6 Å². The van der Waals surface area contributed by atoms with E-state index in [0.29, 0.717) is 16.7 Å². The first-order valence-corrected chi connectivity index (χ1v) is 9.94. The maximum atomic E-state index is 13.1. The lowest BCUT2D eigenvalue weighted by molar-refractivity contribution is 0.0874. The van der Waals surface area contributed by atoms with E-state index in [1.807, 2.05) is 6.07 Å². The molecule has 3 aromatic carbocycles. The molecule has 1 N–H and O–H groups in total. The number of nitrogens with zero attached hydrogens (tertiary/aromatic N) is 3. The molecule has 1 aromatic heterocycles. The van der Waals surface area contributed by atoms with Gasteiger partial charge in [0.05, 0.1) is 22.3 Å². The van der Waals surface area contributed by atoms with Gasteiger partial charge in [0.25, 0.3) is 23.6 Å². The van der Waals surface area contributed by atoms with Gasteiger partial charge in [-0.1, -0.05) is 41.5 Å². The van der Waals surface area contributed by atoms with Gasteiger partial charge in [-0.25, -0.2) is 0 Å². The molecule has 6 rings (SSSR count). The van der Waals surface area contributed by atoms with Crippen molar-refractivity contribution in [1.82, 2.24) is 15.5 Å². The number of rotatable bonds is 3. The summed E-state index contributed by atoms with van der Waals surface area (Å²) in [6.45, 7) is 0. The Kier molecular flexibility index (Phi) is 3.87. The lowest BCUT2D eigenvalue weighted by Gasteiger charge is -2.07. The van der Waals surface area contributed by atoms with Crippen molar-refractivity contribution in [3.63, 3.8) is 0 Å². The van der Waals surface area contributed by atoms with Crippen LogP contribution >= 0.6 is 0 Å². The van der Waals surface area contributed by atoms with Gasteiger partial charge in [0, 0.05) is 5.56 Å². The standard InChI is InChI=1S/C24H12N4O5/c29-19-16-8-4-7-14(18(16)20(30)25-19)13-9-10-15-17(11-13)23(32)28(22(15)31)24-27-26-21(33-24)12-5-2-1-3-6-12/h1-11H,(H,25,29,30). The fourth-order valence-corrected chi connectivity index (χ4v) is 4.04. The minimum absolute atomic E-state index is 0.138. The Morgan fingerprint density at radius 1 is 0.667 bits per heavy atom. The van der Waals surface area contributed by atoms with Crippen LogP contribution in [0.5, 0.6) is 0 Å². The molecule has 3 heterocycles. The molecule has 158 valence electrons. The van der Waals surface area contributed by atoms with Crippen molar-refractivity contribution >= 4 is 29.6 Å². The van der Waals surface area contributed by atoms with Crippen molar-refractivity contribution in [3.05, 3.63) is 89.0 Å². The van der Waals surface area contributed by atoms with Crippen LogP contribution in [0.15, 0.2) is 71.1 Å². The summed E-state index contributed by atoms with van der Waals surface area (Å²) < 4.78 is 5.60. The Hall–Kier alpha value is -4.92. The molecule has 9 heteroatoms. The minimum Gasteiger partial charge on any atom is -0.403 e. The fraction of sp³-hybridized carbons (Fsp3) is 0. The van der Waals surface area contributed by atoms with Gasteiger partial charge in [-0.15, -0.1) is 5.10 Å². The van der Waals surface area contributed by atoms with E-state index in [0.717, 1.165) is 4.90 Å². The molecule has 0 saturated carbocycles. The zero-order chi connectivity index (χ0) is 22.7. The summed E-state index contributed by atoms with van der Waals surface area (Å²) in [6, 6.07) is 18.3. The molecule has 0 atom stereocenters. The third-order valence-corrected chi connectivity index (χ3v) is 5.59. The number of carbonyl (C=O) groups is 4. The molecular weight excluding hydrogens is 424 g/mol. The number of nitrogens with one attached hydrogen (secondary N) is 1. The number of anilines is 1. The molecule has 0 aliphatic carbocycles. The predicted octanol–water partition coefficient (Wildman–Crippen LogP) is 3.09. The summed E-state index contributed by atoms with van der Waals surface area (Å²) in [4.78, 5) is 51.2. The Balaban J connectivity index is 1.40. The molecule has 0 bridgehead atoms. The number of fused-ring (bicyclic) bond motifs is 2. The van der Waals surface area contributed by atoms with Gasteiger partial charge < -0.3 is 4.42 Å². The van der Waals surface area contributed by atoms with Crippen LogP contribution in [-0.2, 0) is 0 Å². The van der Waals surface area contributed by atoms with Gasteiger partial charge in [-0.3, -0.25) is 24.5 Å². The summed E-state index contributed by atoms with van der Waals surface area (Å²) >= 11 is 0. The van der Waals surface area contributed by atoms with Gasteiger partial charge in [0.15, 0.2) is 0 Å². The normalized spacial score (nSPS) is 14.5. The van der Waals surface area contributed by atoms with E-state index in [2.05, 4.69) is 15.5 Å². The van der Waals surface area contributed by atoms with E-state index in [4.69, 9.17) is 4.42 Å². The van der Waals surface area contributed by atoms with Crippen LogP contribution in [0.25, 0.3) is 22.6 Å². The number of amides is 4. The maximum Gasteiger partial charge on any atom is 0.332 e. The molecule has 0 saturated heterocycles. The second-order valence-electron chi connectivity index (χ2n) is 7.47. The number of hydrogen-bond acceptors (Lipinski definition) is 7. The summed E-state index contributed by atoms with van der Waals surface area (Å²) in [6.07, 6.45) is 0.